The van der Waals surface area contributed by atoms with Crippen molar-refractivity contribution in [3.63, 3.8) is 0 Å². The van der Waals surface area contributed by atoms with Crippen molar-refractivity contribution in [1.82, 2.24) is 0 Å². The van der Waals surface area contributed by atoms with Gasteiger partial charge in [0.15, 0.2) is 0 Å². The molecule has 65 heavy (non-hydrogen) atoms. The van der Waals surface area contributed by atoms with Crippen LogP contribution in [-0.2, 0) is 14.2 Å². The van der Waals surface area contributed by atoms with Crippen molar-refractivity contribution in [3.05, 3.63) is 91.0 Å². The van der Waals surface area contributed by atoms with E-state index in [2.05, 4.69) is 0 Å². The zero-order valence-corrected chi connectivity index (χ0v) is 39.7. The van der Waals surface area contributed by atoms with Crippen LogP contribution in [0, 0.1) is 47.3 Å². The van der Waals surface area contributed by atoms with Gasteiger partial charge in [0.2, 0.25) is 0 Å². The van der Waals surface area contributed by atoms with E-state index in [-0.39, 0.29) is 29.7 Å². The molecule has 3 aromatic rings. The summed E-state index contributed by atoms with van der Waals surface area (Å²) < 4.78 is 31.2. The Labute approximate surface area is 402 Å². The van der Waals surface area contributed by atoms with Crippen molar-refractivity contribution in [2.45, 2.75) is 180 Å². The number of fused-ring (bicyclic) bond motifs is 10. The molecule has 3 saturated heterocycles. The third-order valence-electron chi connectivity index (χ3n) is 13.4. The van der Waals surface area contributed by atoms with Gasteiger partial charge in [-0.15, -0.1) is 0 Å². The van der Waals surface area contributed by atoms with Crippen LogP contribution in [0.5, 0.6) is 17.2 Å². The summed E-state index contributed by atoms with van der Waals surface area (Å²) in [4.78, 5) is 0. The summed E-state index contributed by atoms with van der Waals surface area (Å²) in [6, 6.07) is 29.4. The maximum Gasteiger partial charge on any atom is 0.119 e. The molecule has 0 spiro atoms. The summed E-state index contributed by atoms with van der Waals surface area (Å²) in [5.41, 5.74) is 0. The highest BCUT2D eigenvalue weighted by atomic mass is 16.6. The van der Waals surface area contributed by atoms with Gasteiger partial charge in [-0.3, -0.25) is 0 Å². The van der Waals surface area contributed by atoms with Gasteiger partial charge in [0.25, 0.3) is 0 Å². The maximum absolute atomic E-state index is 5.40. The van der Waals surface area contributed by atoms with Crippen molar-refractivity contribution >= 4 is 0 Å². The van der Waals surface area contributed by atoms with Crippen LogP contribution >= 0.6 is 0 Å². The second-order valence-electron chi connectivity index (χ2n) is 16.9. The number of para-hydroxylation sites is 3. The first-order valence-corrected chi connectivity index (χ1v) is 25.1. The highest BCUT2D eigenvalue weighted by Crippen LogP contribution is 2.59. The first kappa shape index (κ1) is 61.9. The predicted octanol–water partition coefficient (Wildman–Crippen LogP) is 16.7. The van der Waals surface area contributed by atoms with Gasteiger partial charge < -0.3 is 28.4 Å². The van der Waals surface area contributed by atoms with Gasteiger partial charge in [-0.1, -0.05) is 153 Å². The second-order valence-corrected chi connectivity index (χ2v) is 16.9. The van der Waals surface area contributed by atoms with E-state index in [0.717, 1.165) is 37.1 Å². The normalized spacial score (nSPS) is 28.9. The van der Waals surface area contributed by atoms with Crippen molar-refractivity contribution < 1.29 is 28.4 Å². The van der Waals surface area contributed by atoms with Gasteiger partial charge in [0.1, 0.15) is 55.4 Å². The first-order valence-electron chi connectivity index (χ1n) is 25.1. The monoisotopic (exact) mass is 907 g/mol. The summed E-state index contributed by atoms with van der Waals surface area (Å²) in [6.45, 7) is 20.6. The molecule has 3 heterocycles. The number of epoxide rings is 3. The molecule has 3 aromatic carbocycles. The van der Waals surface area contributed by atoms with Crippen LogP contribution in [0.15, 0.2) is 91.0 Å². The number of benzene rings is 3. The molecule has 6 heteroatoms. The van der Waals surface area contributed by atoms with E-state index in [4.69, 9.17) is 28.4 Å². The summed E-state index contributed by atoms with van der Waals surface area (Å²) in [5, 5.41) is 0. The smallest absolute Gasteiger partial charge is 0.119 e. The van der Waals surface area contributed by atoms with E-state index in [1.807, 2.05) is 146 Å². The Morgan fingerprint density at radius 2 is 0.569 bits per heavy atom. The molecule has 9 aliphatic rings. The Hall–Kier alpha value is -3.06. The lowest BCUT2D eigenvalue weighted by Crippen LogP contribution is -2.15. The molecule has 6 saturated carbocycles. The van der Waals surface area contributed by atoms with Crippen molar-refractivity contribution in [2.24, 2.45) is 47.3 Å². The van der Waals surface area contributed by atoms with E-state index in [1.54, 1.807) is 77.0 Å². The topological polar surface area (TPSA) is 65.3 Å². The molecular formula is C59H102O6. The molecule has 6 nitrogen and oxygen atoms in total. The van der Waals surface area contributed by atoms with E-state index >= 15 is 0 Å². The van der Waals surface area contributed by atoms with Gasteiger partial charge in [-0.25, -0.2) is 0 Å². The molecule has 0 amide bonds. The van der Waals surface area contributed by atoms with Crippen LogP contribution in [0.25, 0.3) is 0 Å². The molecule has 374 valence electrons. The quantitative estimate of drug-likeness (QED) is 0.199. The number of rotatable bonds is 9. The fourth-order valence-corrected chi connectivity index (χ4v) is 10.6. The minimum atomic E-state index is 0. The van der Waals surface area contributed by atoms with Crippen LogP contribution in [0.3, 0.4) is 0 Å². The van der Waals surface area contributed by atoms with Crippen LogP contribution < -0.4 is 14.2 Å². The third kappa shape index (κ3) is 21.6. The number of hydrogen-bond donors (Lipinski definition) is 0. The van der Waals surface area contributed by atoms with Crippen LogP contribution in [-0.4, -0.2) is 58.0 Å². The Kier molecular flexibility index (Phi) is 34.3. The van der Waals surface area contributed by atoms with Crippen molar-refractivity contribution in [1.29, 1.82) is 0 Å². The SMILES string of the molecule is C.C.C.C.C1CC2C3CCC(C3)C2C1.C1CC2C3CCC(C3)C2C1.CC.CC.CC.CC.c1ccc(OCC2CO2)cc1.c1ccc(OCC2CO2)cc1.c1ccc(OCC2CO2)cc1. The lowest BCUT2D eigenvalue weighted by atomic mass is 9.82. The molecule has 9 fully saturated rings. The fourth-order valence-electron chi connectivity index (χ4n) is 10.6. The lowest BCUT2D eigenvalue weighted by molar-refractivity contribution is 0.259. The van der Waals surface area contributed by atoms with Gasteiger partial charge in [-0.2, -0.15) is 0 Å². The predicted molar refractivity (Wildman–Crippen MR) is 281 cm³/mol. The molecule has 11 atom stereocenters. The van der Waals surface area contributed by atoms with E-state index in [0.29, 0.717) is 38.1 Å². The summed E-state index contributed by atoms with van der Waals surface area (Å²) >= 11 is 0. The maximum atomic E-state index is 5.40. The highest BCUT2D eigenvalue weighted by Gasteiger charge is 2.49. The largest absolute Gasteiger partial charge is 0.491 e. The van der Waals surface area contributed by atoms with Gasteiger partial charge >= 0.3 is 0 Å². The Morgan fingerprint density at radius 1 is 0.354 bits per heavy atom. The number of hydrogen-bond acceptors (Lipinski definition) is 6. The molecule has 6 aliphatic carbocycles. The first-order chi connectivity index (χ1) is 30.2. The summed E-state index contributed by atoms with van der Waals surface area (Å²) in [7, 11) is 0. The van der Waals surface area contributed by atoms with Crippen LogP contribution in [0.1, 0.15) is 162 Å². The second kappa shape index (κ2) is 36.0. The Bertz CT molecular complexity index is 1290. The molecular weight excluding hydrogens is 805 g/mol. The molecule has 12 rings (SSSR count). The molecule has 0 aromatic heterocycles. The van der Waals surface area contributed by atoms with Gasteiger partial charge in [0.05, 0.1) is 19.8 Å². The summed E-state index contributed by atoms with van der Waals surface area (Å²) in [6.07, 6.45) is 20.1. The third-order valence-corrected chi connectivity index (χ3v) is 13.4. The molecule has 0 radical (unpaired) electrons. The molecule has 0 N–H and O–H groups in total. The van der Waals surface area contributed by atoms with E-state index < -0.39 is 0 Å². The number of ether oxygens (including phenoxy) is 6. The average Bonchev–Trinajstić information content (AvgIpc) is 4.25. The fraction of sp³-hybridized carbons (Fsp3) is 0.695. The van der Waals surface area contributed by atoms with E-state index in [9.17, 15) is 0 Å². The average molecular weight is 907 g/mol. The highest BCUT2D eigenvalue weighted by molar-refractivity contribution is 5.22. The Morgan fingerprint density at radius 3 is 0.769 bits per heavy atom. The Balaban J connectivity index is 0.000000747. The minimum absolute atomic E-state index is 0. The minimum Gasteiger partial charge on any atom is -0.491 e. The van der Waals surface area contributed by atoms with Crippen LogP contribution in [0.2, 0.25) is 0 Å². The van der Waals surface area contributed by atoms with Crippen molar-refractivity contribution in [3.8, 4) is 17.2 Å². The van der Waals surface area contributed by atoms with Gasteiger partial charge in [-0.05, 0) is 148 Å². The van der Waals surface area contributed by atoms with Crippen LogP contribution in [0.4, 0.5) is 0 Å². The molecule has 4 bridgehead atoms. The van der Waals surface area contributed by atoms with Gasteiger partial charge in [0, 0.05) is 0 Å². The lowest BCUT2D eigenvalue weighted by Gasteiger charge is -2.23. The molecule has 3 aliphatic heterocycles. The standard InChI is InChI=1S/2C10H16.3C9H10O2.4C2H6.4CH4/c2*1-2-9-7-4-5-8(6-7)10(9)3-1;3*1-2-4-8(5-3-1)10-6-9-7-11-9;4*1-2;;;;/h2*7-10H,1-6H2;3*1-5,9H,6-7H2;4*1-2H3;4*1H4. The zero-order chi connectivity index (χ0) is 43.7. The summed E-state index contributed by atoms with van der Waals surface area (Å²) in [5.74, 6) is 12.4. The zero-order valence-electron chi connectivity index (χ0n) is 39.7. The van der Waals surface area contributed by atoms with Crippen molar-refractivity contribution in [2.75, 3.05) is 39.6 Å². The molecule has 11 unspecified atom stereocenters. The van der Waals surface area contributed by atoms with E-state index in [1.165, 1.54) is 47.3 Å².